The van der Waals surface area contributed by atoms with Crippen LogP contribution in [0.25, 0.3) is 33.5 Å². The van der Waals surface area contributed by atoms with Crippen LogP contribution >= 0.6 is 0 Å². The van der Waals surface area contributed by atoms with E-state index in [1.54, 1.807) is 13.4 Å². The summed E-state index contributed by atoms with van der Waals surface area (Å²) in [7, 11) is 9.61. The van der Waals surface area contributed by atoms with E-state index in [9.17, 15) is 4.79 Å². The molecule has 0 saturated carbocycles. The van der Waals surface area contributed by atoms with Crippen LogP contribution in [-0.4, -0.2) is 45.4 Å². The number of pyridine rings is 2. The number of hydrogen-bond acceptors (Lipinski definition) is 5. The summed E-state index contributed by atoms with van der Waals surface area (Å²) in [5, 5.41) is 3.70. The van der Waals surface area contributed by atoms with Crippen molar-refractivity contribution in [2.75, 3.05) is 11.9 Å². The van der Waals surface area contributed by atoms with Crippen LogP contribution in [0.2, 0.25) is 0 Å². The van der Waals surface area contributed by atoms with E-state index in [4.69, 9.17) is 7.98 Å². The molecule has 4 aromatic heterocycles. The second-order valence-electron chi connectivity index (χ2n) is 6.47. The summed E-state index contributed by atoms with van der Waals surface area (Å²) in [6.07, 6.45) is 1.75. The number of imidazole rings is 1. The molecule has 0 bridgehead atoms. The third-order valence-electron chi connectivity index (χ3n) is 4.35. The first-order valence-corrected chi connectivity index (χ1v) is 8.47. The number of H-pyrrole nitrogens is 1. The number of anilines is 1. The van der Waals surface area contributed by atoms with Crippen molar-refractivity contribution >= 4 is 41.8 Å². The predicted molar refractivity (Wildman–Crippen MR) is 105 cm³/mol. The van der Waals surface area contributed by atoms with Gasteiger partial charge in [0.25, 0.3) is 0 Å². The van der Waals surface area contributed by atoms with Crippen molar-refractivity contribution in [3.05, 3.63) is 36.3 Å². The number of aromatic nitrogens is 5. The molecular formula is C18H18BN7O. The molecule has 27 heavy (non-hydrogen) atoms. The summed E-state index contributed by atoms with van der Waals surface area (Å²) in [5.74, 6) is 0.507. The maximum Gasteiger partial charge on any atom is 0.228 e. The topological polar surface area (TPSA) is 91.7 Å². The van der Waals surface area contributed by atoms with Gasteiger partial charge in [0.15, 0.2) is 0 Å². The van der Waals surface area contributed by atoms with Gasteiger partial charge in [-0.05, 0) is 25.2 Å². The molecule has 0 aliphatic heterocycles. The Kier molecular flexibility index (Phi) is 4.06. The number of nitrogens with zero attached hydrogens (tertiary/aromatic N) is 5. The highest BCUT2D eigenvalue weighted by Crippen LogP contribution is 2.32. The molecule has 2 radical (unpaired) electrons. The van der Waals surface area contributed by atoms with Crippen molar-refractivity contribution in [2.24, 2.45) is 7.05 Å². The summed E-state index contributed by atoms with van der Waals surface area (Å²) in [4.78, 5) is 29.6. The smallest absolute Gasteiger partial charge is 0.228 e. The van der Waals surface area contributed by atoms with Gasteiger partial charge in [0.05, 0.1) is 35.5 Å². The van der Waals surface area contributed by atoms with E-state index in [-0.39, 0.29) is 5.91 Å². The minimum atomic E-state index is -0.0888. The number of fused-ring (bicyclic) bond motifs is 3. The molecule has 134 valence electrons. The summed E-state index contributed by atoms with van der Waals surface area (Å²) in [5.41, 5.74) is 4.79. The average Bonchev–Trinajstić information content (AvgIpc) is 3.23. The highest BCUT2D eigenvalue weighted by molar-refractivity contribution is 6.20. The Labute approximate surface area is 157 Å². The molecule has 0 spiro atoms. The fourth-order valence-corrected chi connectivity index (χ4v) is 3.11. The van der Waals surface area contributed by atoms with Crippen molar-refractivity contribution in [1.29, 1.82) is 0 Å². The van der Waals surface area contributed by atoms with Gasteiger partial charge in [-0.25, -0.2) is 15.0 Å². The van der Waals surface area contributed by atoms with Gasteiger partial charge >= 0.3 is 0 Å². The van der Waals surface area contributed by atoms with Crippen LogP contribution in [0, 0.1) is 0 Å². The van der Waals surface area contributed by atoms with E-state index < -0.39 is 0 Å². The molecule has 0 fully saturated rings. The first-order chi connectivity index (χ1) is 12.9. The summed E-state index contributed by atoms with van der Waals surface area (Å²) in [6.45, 7) is 1.87. The van der Waals surface area contributed by atoms with Crippen molar-refractivity contribution in [3.8, 4) is 11.4 Å². The summed E-state index contributed by atoms with van der Waals surface area (Å²) in [6, 6.07) is 7.72. The van der Waals surface area contributed by atoms with E-state index in [0.717, 1.165) is 33.5 Å². The monoisotopic (exact) mass is 359 g/mol. The zero-order chi connectivity index (χ0) is 19.1. The molecule has 8 nitrogen and oxygen atoms in total. The molecule has 0 atom stereocenters. The van der Waals surface area contributed by atoms with Crippen LogP contribution < -0.4 is 10.1 Å². The number of hydrogen-bond donors (Lipinski definition) is 2. The normalized spacial score (nSPS) is 11.2. The number of aryl methyl sites for hydroxylation is 1. The molecule has 4 heterocycles. The second kappa shape index (κ2) is 6.42. The molecule has 0 unspecified atom stereocenters. The largest absolute Gasteiger partial charge is 0.411 e. The Hall–Kier alpha value is -3.36. The third kappa shape index (κ3) is 3.01. The van der Waals surface area contributed by atoms with Gasteiger partial charge in [-0.2, -0.15) is 0 Å². The van der Waals surface area contributed by atoms with Crippen LogP contribution in [0.4, 0.5) is 5.82 Å². The Balaban J connectivity index is 1.85. The molecular weight excluding hydrogens is 341 g/mol. The van der Waals surface area contributed by atoms with Crippen LogP contribution in [-0.2, 0) is 18.4 Å². The van der Waals surface area contributed by atoms with Gasteiger partial charge < -0.3 is 19.7 Å². The van der Waals surface area contributed by atoms with Gasteiger partial charge in [-0.15, -0.1) is 0 Å². The minimum absolute atomic E-state index is 0.0888. The van der Waals surface area contributed by atoms with Gasteiger partial charge in [0.1, 0.15) is 17.0 Å². The molecule has 4 rings (SSSR count). The standard InChI is InChI=1S/C18H18BN7O/c1-10(27)20-8-11-5-4-6-13(22-11)14-7-12-16-15(21-9-25(16)2)18(26(3)19)24-17(12)23-14/h4-7,9H,8H2,1-3H3,(H,20,27)(H,23,24). The zero-order valence-corrected chi connectivity index (χ0v) is 15.3. The predicted octanol–water partition coefficient (Wildman–Crippen LogP) is 1.67. The highest BCUT2D eigenvalue weighted by Gasteiger charge is 2.17. The summed E-state index contributed by atoms with van der Waals surface area (Å²) < 4.78 is 1.95. The molecule has 4 aromatic rings. The average molecular weight is 359 g/mol. The summed E-state index contributed by atoms with van der Waals surface area (Å²) >= 11 is 0. The molecule has 9 heteroatoms. The molecule has 2 N–H and O–H groups in total. The van der Waals surface area contributed by atoms with E-state index in [1.165, 1.54) is 11.7 Å². The molecule has 0 aliphatic rings. The van der Waals surface area contributed by atoms with Crippen LogP contribution in [0.15, 0.2) is 30.6 Å². The van der Waals surface area contributed by atoms with Gasteiger partial charge in [-0.3, -0.25) is 4.79 Å². The third-order valence-corrected chi connectivity index (χ3v) is 4.35. The lowest BCUT2D eigenvalue weighted by atomic mass is 10.2. The van der Waals surface area contributed by atoms with Gasteiger partial charge in [-0.1, -0.05) is 6.07 Å². The lowest BCUT2D eigenvalue weighted by Gasteiger charge is -2.12. The van der Waals surface area contributed by atoms with Crippen molar-refractivity contribution in [2.45, 2.75) is 13.5 Å². The first kappa shape index (κ1) is 17.1. The van der Waals surface area contributed by atoms with Crippen molar-refractivity contribution in [3.63, 3.8) is 0 Å². The van der Waals surface area contributed by atoms with Crippen LogP contribution in [0.3, 0.4) is 0 Å². The minimum Gasteiger partial charge on any atom is -0.411 e. The highest BCUT2D eigenvalue weighted by atomic mass is 16.1. The van der Waals surface area contributed by atoms with Crippen LogP contribution in [0.5, 0.6) is 0 Å². The molecule has 0 aliphatic carbocycles. The number of amides is 1. The first-order valence-electron chi connectivity index (χ1n) is 8.47. The van der Waals surface area contributed by atoms with Gasteiger partial charge in [0.2, 0.25) is 13.9 Å². The van der Waals surface area contributed by atoms with E-state index >= 15 is 0 Å². The fourth-order valence-electron chi connectivity index (χ4n) is 3.11. The van der Waals surface area contributed by atoms with E-state index in [2.05, 4.69) is 25.3 Å². The number of carbonyl (C=O) groups is 1. The number of rotatable bonds is 4. The van der Waals surface area contributed by atoms with Crippen molar-refractivity contribution < 1.29 is 4.79 Å². The zero-order valence-electron chi connectivity index (χ0n) is 15.3. The Morgan fingerprint density at radius 1 is 1.37 bits per heavy atom. The second-order valence-corrected chi connectivity index (χ2v) is 6.47. The molecule has 0 aromatic carbocycles. The maximum absolute atomic E-state index is 11.1. The van der Waals surface area contributed by atoms with Gasteiger partial charge in [0, 0.05) is 19.4 Å². The SMILES string of the molecule is [B]N(C)c1nc2[nH]c(-c3cccc(CNC(C)=O)n3)cc2c2c1ncn2C. The molecule has 1 amide bonds. The Bertz CT molecular complexity index is 1160. The number of aromatic amines is 1. The Morgan fingerprint density at radius 3 is 2.93 bits per heavy atom. The van der Waals surface area contributed by atoms with E-state index in [1.807, 2.05) is 35.9 Å². The maximum atomic E-state index is 11.1. The number of carbonyl (C=O) groups excluding carboxylic acids is 1. The lowest BCUT2D eigenvalue weighted by Crippen LogP contribution is -2.19. The number of nitrogens with one attached hydrogen (secondary N) is 2. The van der Waals surface area contributed by atoms with Crippen LogP contribution in [0.1, 0.15) is 12.6 Å². The quantitative estimate of drug-likeness (QED) is 0.541. The lowest BCUT2D eigenvalue weighted by molar-refractivity contribution is -0.119. The fraction of sp³-hybridized carbons (Fsp3) is 0.222. The Morgan fingerprint density at radius 2 is 2.19 bits per heavy atom. The van der Waals surface area contributed by atoms with Crippen molar-refractivity contribution in [1.82, 2.24) is 29.8 Å². The molecule has 0 saturated heterocycles. The van der Waals surface area contributed by atoms with E-state index in [0.29, 0.717) is 18.0 Å².